The Balaban J connectivity index is 0.000000372. The van der Waals surface area contributed by atoms with Crippen LogP contribution in [0.25, 0.3) is 11.0 Å². The molecule has 1 aromatic heterocycles. The van der Waals surface area contributed by atoms with Gasteiger partial charge in [0.2, 0.25) is 5.91 Å². The van der Waals surface area contributed by atoms with Gasteiger partial charge in [0.1, 0.15) is 11.9 Å². The van der Waals surface area contributed by atoms with Gasteiger partial charge in [-0.2, -0.15) is 0 Å². The Bertz CT molecular complexity index is 1400. The zero-order valence-corrected chi connectivity index (χ0v) is 22.8. The Morgan fingerprint density at radius 3 is 2.56 bits per heavy atom. The Morgan fingerprint density at radius 1 is 1.07 bits per heavy atom. The lowest BCUT2D eigenvalue weighted by Crippen LogP contribution is -2.34. The van der Waals surface area contributed by atoms with E-state index in [1.165, 1.54) is 23.3 Å². The maximum Gasteiger partial charge on any atom is 0.303 e. The van der Waals surface area contributed by atoms with E-state index in [1.54, 1.807) is 6.07 Å². The van der Waals surface area contributed by atoms with E-state index in [4.69, 9.17) is 19.5 Å². The van der Waals surface area contributed by atoms with Gasteiger partial charge in [-0.25, -0.2) is 4.39 Å². The van der Waals surface area contributed by atoms with Gasteiger partial charge in [0.25, 0.3) is 0 Å². The first-order chi connectivity index (χ1) is 19.8. The fourth-order valence-corrected chi connectivity index (χ4v) is 5.89. The number of carbonyl (C=O) groups is 3. The van der Waals surface area contributed by atoms with Crippen molar-refractivity contribution in [1.82, 2.24) is 10.1 Å². The van der Waals surface area contributed by atoms with Gasteiger partial charge in [-0.15, -0.1) is 0 Å². The van der Waals surface area contributed by atoms with Crippen LogP contribution >= 0.6 is 0 Å². The number of anilines is 1. The highest BCUT2D eigenvalue weighted by atomic mass is 19.1. The maximum atomic E-state index is 13.4. The number of benzene rings is 2. The number of rotatable bonds is 9. The molecular weight excluding hydrogens is 533 g/mol. The number of carbonyl (C=O) groups excluding carboxylic acids is 1. The Hall–Kier alpha value is -3.83. The lowest BCUT2D eigenvalue weighted by atomic mass is 9.91. The minimum atomic E-state index is -1.08. The molecule has 1 amide bonds. The van der Waals surface area contributed by atoms with Gasteiger partial charge < -0.3 is 29.3 Å². The van der Waals surface area contributed by atoms with Gasteiger partial charge >= 0.3 is 11.9 Å². The van der Waals surface area contributed by atoms with Crippen LogP contribution in [-0.2, 0) is 25.5 Å². The van der Waals surface area contributed by atoms with Crippen LogP contribution in [0.15, 0.2) is 40.9 Å². The third kappa shape index (κ3) is 6.74. The smallest absolute Gasteiger partial charge is 0.303 e. The van der Waals surface area contributed by atoms with Gasteiger partial charge in [-0.05, 0) is 56.5 Å². The molecule has 1 saturated heterocycles. The zero-order valence-electron chi connectivity index (χ0n) is 22.8. The van der Waals surface area contributed by atoms with E-state index in [2.05, 4.69) is 28.3 Å². The summed E-state index contributed by atoms with van der Waals surface area (Å²) in [7, 11) is 0. The van der Waals surface area contributed by atoms with E-state index in [0.717, 1.165) is 62.1 Å². The molecule has 1 unspecified atom stereocenters. The lowest BCUT2D eigenvalue weighted by molar-refractivity contribution is -0.143. The van der Waals surface area contributed by atoms with Crippen molar-refractivity contribution >= 4 is 34.5 Å². The maximum absolute atomic E-state index is 13.4. The highest BCUT2D eigenvalue weighted by Crippen LogP contribution is 2.42. The predicted octanol–water partition coefficient (Wildman–Crippen LogP) is 4.52. The van der Waals surface area contributed by atoms with E-state index in [9.17, 15) is 18.8 Å². The van der Waals surface area contributed by atoms with Crippen LogP contribution in [0.3, 0.4) is 0 Å². The summed E-state index contributed by atoms with van der Waals surface area (Å²) in [5, 5.41) is 21.0. The number of likely N-dealkylation sites (tertiary alicyclic amines) is 1. The van der Waals surface area contributed by atoms with Crippen molar-refractivity contribution < 1.29 is 38.2 Å². The molecule has 2 N–H and O–H groups in total. The number of piperidine rings is 1. The van der Waals surface area contributed by atoms with Crippen LogP contribution in [0.2, 0.25) is 0 Å². The quantitative estimate of drug-likeness (QED) is 0.358. The highest BCUT2D eigenvalue weighted by Gasteiger charge is 2.37. The van der Waals surface area contributed by atoms with Gasteiger partial charge in [0.15, 0.2) is 5.58 Å². The number of fused-ring (bicyclic) bond motifs is 1. The van der Waals surface area contributed by atoms with Crippen LogP contribution in [0.1, 0.15) is 67.4 Å². The first-order valence-corrected chi connectivity index (χ1v) is 14.0. The first kappa shape index (κ1) is 28.7. The molecule has 0 radical (unpaired) electrons. The third-order valence-electron chi connectivity index (χ3n) is 7.95. The van der Waals surface area contributed by atoms with Crippen molar-refractivity contribution in [2.24, 2.45) is 0 Å². The SMILES string of the molecule is O=C(O)CCC(=O)O.O=C1CCc2cccc3c2N1CC3OCCCN1CCC(c2noc3cc(F)ccc23)CC1. The fraction of sp³-hybridized carbons (Fsp3) is 0.467. The van der Waals surface area contributed by atoms with E-state index in [-0.39, 0.29) is 30.7 Å². The van der Waals surface area contributed by atoms with Gasteiger partial charge in [-0.1, -0.05) is 23.4 Å². The number of aromatic nitrogens is 1. The lowest BCUT2D eigenvalue weighted by Gasteiger charge is -2.31. The number of ether oxygens (including phenoxy) is 1. The number of carboxylic acids is 2. The van der Waals surface area contributed by atoms with Gasteiger partial charge in [0, 0.05) is 42.5 Å². The Kier molecular flexibility index (Phi) is 8.94. The molecule has 3 aliphatic rings. The summed E-state index contributed by atoms with van der Waals surface area (Å²) in [6.07, 6.45) is 3.84. The fourth-order valence-electron chi connectivity index (χ4n) is 5.89. The first-order valence-electron chi connectivity index (χ1n) is 14.0. The number of hydrogen-bond acceptors (Lipinski definition) is 7. The standard InChI is InChI=1S/C26H28FN3O3.C4H6O4/c27-19-6-7-20-22(15-19)33-28-25(20)17-9-12-29(13-10-17)11-2-14-32-23-16-30-24(31)8-5-18-3-1-4-21(23)26(18)30;5-3(6)1-2-4(7)8/h1,3-4,6-7,15,17,23H,2,5,8-14,16H2;1-2H2,(H,5,6)(H,7,8). The molecule has 3 aliphatic heterocycles. The minimum absolute atomic E-state index is 0.0157. The Labute approximate surface area is 236 Å². The number of aryl methyl sites for hydroxylation is 1. The summed E-state index contributed by atoms with van der Waals surface area (Å²) in [4.78, 5) is 36.0. The van der Waals surface area contributed by atoms with Crippen LogP contribution < -0.4 is 4.90 Å². The Morgan fingerprint density at radius 2 is 1.83 bits per heavy atom. The second kappa shape index (κ2) is 12.8. The molecule has 10 nitrogen and oxygen atoms in total. The molecule has 41 heavy (non-hydrogen) atoms. The summed E-state index contributed by atoms with van der Waals surface area (Å²) in [6, 6.07) is 11.0. The van der Waals surface area contributed by atoms with E-state index in [0.29, 0.717) is 31.1 Å². The number of halogens is 1. The number of hydrogen-bond donors (Lipinski definition) is 2. The number of para-hydroxylation sites is 1. The van der Waals surface area contributed by atoms with Crippen molar-refractivity contribution in [3.8, 4) is 0 Å². The summed E-state index contributed by atoms with van der Waals surface area (Å²) >= 11 is 0. The highest BCUT2D eigenvalue weighted by molar-refractivity contribution is 5.99. The van der Waals surface area contributed by atoms with E-state index < -0.39 is 11.9 Å². The largest absolute Gasteiger partial charge is 0.481 e. The molecular formula is C30H34FN3O7. The van der Waals surface area contributed by atoms with E-state index >= 15 is 0 Å². The number of carboxylic acid groups (broad SMARTS) is 2. The summed E-state index contributed by atoms with van der Waals surface area (Å²) in [5.41, 5.74) is 5.03. The number of amides is 1. The molecule has 4 heterocycles. The molecule has 3 aromatic rings. The topological polar surface area (TPSA) is 133 Å². The zero-order chi connectivity index (χ0) is 28.9. The van der Waals surface area contributed by atoms with Gasteiger partial charge in [0.05, 0.1) is 30.8 Å². The molecule has 0 saturated carbocycles. The average Bonchev–Trinajstić information content (AvgIpc) is 3.55. The molecule has 1 fully saturated rings. The number of nitrogens with zero attached hydrogens (tertiary/aromatic N) is 3. The molecule has 0 bridgehead atoms. The molecule has 218 valence electrons. The van der Waals surface area contributed by atoms with Crippen LogP contribution in [0.5, 0.6) is 0 Å². The van der Waals surface area contributed by atoms with Crippen LogP contribution in [-0.4, -0.2) is 70.9 Å². The molecule has 0 aliphatic carbocycles. The van der Waals surface area contributed by atoms with Crippen molar-refractivity contribution in [1.29, 1.82) is 0 Å². The van der Waals surface area contributed by atoms with Crippen molar-refractivity contribution in [3.05, 3.63) is 59.0 Å². The average molecular weight is 568 g/mol. The molecule has 1 atom stereocenters. The molecule has 0 spiro atoms. The van der Waals surface area contributed by atoms with Crippen molar-refractivity contribution in [2.75, 3.05) is 37.7 Å². The second-order valence-corrected chi connectivity index (χ2v) is 10.7. The van der Waals surface area contributed by atoms with Crippen molar-refractivity contribution in [3.63, 3.8) is 0 Å². The number of aliphatic carboxylic acids is 2. The molecule has 2 aromatic carbocycles. The third-order valence-corrected chi connectivity index (χ3v) is 7.95. The molecule has 11 heteroatoms. The van der Waals surface area contributed by atoms with Crippen LogP contribution in [0, 0.1) is 5.82 Å². The predicted molar refractivity (Wildman–Crippen MR) is 147 cm³/mol. The summed E-state index contributed by atoms with van der Waals surface area (Å²) in [5.74, 6) is -1.88. The molecule has 6 rings (SSSR count). The van der Waals surface area contributed by atoms with E-state index in [1.807, 2.05) is 4.90 Å². The summed E-state index contributed by atoms with van der Waals surface area (Å²) in [6.45, 7) is 4.36. The second-order valence-electron chi connectivity index (χ2n) is 10.7. The van der Waals surface area contributed by atoms with Crippen molar-refractivity contribution in [2.45, 2.75) is 57.0 Å². The van der Waals surface area contributed by atoms with Crippen LogP contribution in [0.4, 0.5) is 10.1 Å². The minimum Gasteiger partial charge on any atom is -0.481 e. The summed E-state index contributed by atoms with van der Waals surface area (Å²) < 4.78 is 25.0. The normalized spacial score (nSPS) is 18.7. The van der Waals surface area contributed by atoms with Gasteiger partial charge in [-0.3, -0.25) is 14.4 Å². The monoisotopic (exact) mass is 567 g/mol.